The van der Waals surface area contributed by atoms with E-state index in [0.717, 1.165) is 11.0 Å². The van der Waals surface area contributed by atoms with Crippen molar-refractivity contribution in [3.05, 3.63) is 35.6 Å². The number of carbonyl (C=O) groups excluding carboxylic acids is 2. The zero-order valence-corrected chi connectivity index (χ0v) is 13.1. The lowest BCUT2D eigenvalue weighted by Gasteiger charge is -2.40. The van der Waals surface area contributed by atoms with Crippen LogP contribution >= 0.6 is 0 Å². The fraction of sp³-hybridized carbons (Fsp3) is 0.500. The molecule has 1 fully saturated rings. The molecule has 1 saturated heterocycles. The van der Waals surface area contributed by atoms with Crippen molar-refractivity contribution in [2.75, 3.05) is 6.54 Å². The molecule has 1 heterocycles. The van der Waals surface area contributed by atoms with Gasteiger partial charge in [0, 0.05) is 19.5 Å². The maximum absolute atomic E-state index is 13.2. The van der Waals surface area contributed by atoms with E-state index in [2.05, 4.69) is 5.32 Å². The molecule has 0 aliphatic carbocycles. The number of amides is 2. The van der Waals surface area contributed by atoms with Crippen molar-refractivity contribution in [2.24, 2.45) is 0 Å². The van der Waals surface area contributed by atoms with Crippen molar-refractivity contribution >= 4 is 11.8 Å². The van der Waals surface area contributed by atoms with Crippen LogP contribution in [0.1, 0.15) is 25.3 Å². The number of benzene rings is 1. The Hall–Kier alpha value is -2.12. The Labute approximate surface area is 136 Å². The summed E-state index contributed by atoms with van der Waals surface area (Å²) in [6.45, 7) is 1.06. The zero-order valence-electron chi connectivity index (χ0n) is 13.1. The summed E-state index contributed by atoms with van der Waals surface area (Å²) in [5.74, 6) is -1.65. The fourth-order valence-electron chi connectivity index (χ4n) is 2.92. The first-order chi connectivity index (χ1) is 11.2. The molecule has 1 aliphatic heterocycles. The van der Waals surface area contributed by atoms with Crippen molar-refractivity contribution in [2.45, 2.75) is 44.4 Å². The zero-order chi connectivity index (χ0) is 17.9. The molecule has 1 aromatic rings. The predicted octanol–water partition coefficient (Wildman–Crippen LogP) is 2.43. The molecule has 2 amide bonds. The number of rotatable bonds is 3. The van der Waals surface area contributed by atoms with Gasteiger partial charge in [-0.2, -0.15) is 13.2 Å². The van der Waals surface area contributed by atoms with Gasteiger partial charge in [0.2, 0.25) is 11.8 Å². The Kier molecular flexibility index (Phi) is 5.46. The summed E-state index contributed by atoms with van der Waals surface area (Å²) >= 11 is 0. The van der Waals surface area contributed by atoms with Gasteiger partial charge in [-0.1, -0.05) is 12.1 Å². The maximum Gasteiger partial charge on any atom is 0.408 e. The number of hydrogen-bond donors (Lipinski definition) is 1. The van der Waals surface area contributed by atoms with Gasteiger partial charge in [-0.3, -0.25) is 9.59 Å². The van der Waals surface area contributed by atoms with Gasteiger partial charge >= 0.3 is 6.18 Å². The Bertz CT molecular complexity index is 618. The van der Waals surface area contributed by atoms with E-state index in [0.29, 0.717) is 5.56 Å². The van der Waals surface area contributed by atoms with E-state index in [4.69, 9.17) is 0 Å². The largest absolute Gasteiger partial charge is 0.408 e. The minimum atomic E-state index is -4.54. The van der Waals surface area contributed by atoms with E-state index < -0.39 is 30.0 Å². The lowest BCUT2D eigenvalue weighted by Crippen LogP contribution is -2.58. The van der Waals surface area contributed by atoms with Gasteiger partial charge in [-0.15, -0.1) is 0 Å². The average molecular weight is 346 g/mol. The smallest absolute Gasteiger partial charge is 0.352 e. The van der Waals surface area contributed by atoms with Crippen LogP contribution in [0.15, 0.2) is 24.3 Å². The number of nitrogens with one attached hydrogen (secondary N) is 1. The molecule has 1 aliphatic rings. The standard InChI is InChI=1S/C16H18F4N2O2/c1-10(23)21-13-5-6-14(16(18,19)20)22(9-13)15(24)8-11-3-2-4-12(17)7-11/h2-4,7,13-14H,5-6,8-9H2,1H3,(H,21,23)/t13-,14+/m1/s1. The average Bonchev–Trinajstić information content (AvgIpc) is 2.45. The van der Waals surface area contributed by atoms with Crippen LogP contribution in [0.25, 0.3) is 0 Å². The van der Waals surface area contributed by atoms with Crippen LogP contribution in [0.2, 0.25) is 0 Å². The Morgan fingerprint density at radius 1 is 1.29 bits per heavy atom. The van der Waals surface area contributed by atoms with Crippen LogP contribution in [-0.2, 0) is 16.0 Å². The van der Waals surface area contributed by atoms with Crippen LogP contribution in [-0.4, -0.2) is 41.5 Å². The summed E-state index contributed by atoms with van der Waals surface area (Å²) in [6, 6.07) is 2.80. The first-order valence-electron chi connectivity index (χ1n) is 7.54. The highest BCUT2D eigenvalue weighted by atomic mass is 19.4. The summed E-state index contributed by atoms with van der Waals surface area (Å²) in [7, 11) is 0. The summed E-state index contributed by atoms with van der Waals surface area (Å²) in [4.78, 5) is 24.2. The minimum absolute atomic E-state index is 0.146. The molecule has 4 nitrogen and oxygen atoms in total. The highest BCUT2D eigenvalue weighted by Gasteiger charge is 2.47. The van der Waals surface area contributed by atoms with Crippen LogP contribution in [0.4, 0.5) is 17.6 Å². The van der Waals surface area contributed by atoms with Crippen molar-refractivity contribution < 1.29 is 27.2 Å². The van der Waals surface area contributed by atoms with Gasteiger partial charge in [-0.05, 0) is 30.5 Å². The fourth-order valence-corrected chi connectivity index (χ4v) is 2.92. The molecule has 132 valence electrons. The summed E-state index contributed by atoms with van der Waals surface area (Å²) in [5, 5.41) is 2.55. The van der Waals surface area contributed by atoms with Gasteiger partial charge < -0.3 is 10.2 Å². The molecule has 0 saturated carbocycles. The van der Waals surface area contributed by atoms with Crippen LogP contribution in [0.3, 0.4) is 0 Å². The number of halogens is 4. The van der Waals surface area contributed by atoms with Gasteiger partial charge in [-0.25, -0.2) is 4.39 Å². The van der Waals surface area contributed by atoms with Crippen molar-refractivity contribution in [1.29, 1.82) is 0 Å². The third-order valence-corrected chi connectivity index (χ3v) is 3.93. The number of piperidine rings is 1. The normalized spacial score (nSPS) is 21.5. The first-order valence-corrected chi connectivity index (χ1v) is 7.54. The van der Waals surface area contributed by atoms with Crippen molar-refractivity contribution in [1.82, 2.24) is 10.2 Å². The maximum atomic E-state index is 13.2. The number of likely N-dealkylation sites (tertiary alicyclic amines) is 1. The molecule has 1 N–H and O–H groups in total. The Morgan fingerprint density at radius 2 is 2.00 bits per heavy atom. The lowest BCUT2D eigenvalue weighted by atomic mass is 9.96. The molecule has 0 unspecified atom stereocenters. The number of nitrogens with zero attached hydrogens (tertiary/aromatic N) is 1. The highest BCUT2D eigenvalue weighted by molar-refractivity contribution is 5.79. The van der Waals surface area contributed by atoms with Gasteiger partial charge in [0.05, 0.1) is 6.42 Å². The van der Waals surface area contributed by atoms with E-state index in [-0.39, 0.29) is 31.7 Å². The van der Waals surface area contributed by atoms with E-state index in [1.165, 1.54) is 25.1 Å². The molecular weight excluding hydrogens is 328 g/mol. The van der Waals surface area contributed by atoms with E-state index in [9.17, 15) is 27.2 Å². The monoisotopic (exact) mass is 346 g/mol. The number of carbonyl (C=O) groups is 2. The molecule has 8 heteroatoms. The molecule has 0 radical (unpaired) electrons. The predicted molar refractivity (Wildman–Crippen MR) is 78.5 cm³/mol. The molecule has 1 aromatic carbocycles. The second-order valence-electron chi connectivity index (χ2n) is 5.89. The molecule has 0 aromatic heterocycles. The molecular formula is C16H18F4N2O2. The molecule has 0 spiro atoms. The van der Waals surface area contributed by atoms with Crippen molar-refractivity contribution in [3.8, 4) is 0 Å². The molecule has 2 rings (SSSR count). The Balaban J connectivity index is 2.16. The quantitative estimate of drug-likeness (QED) is 0.855. The van der Waals surface area contributed by atoms with Gasteiger partial charge in [0.1, 0.15) is 11.9 Å². The third kappa shape index (κ3) is 4.69. The summed E-state index contributed by atoms with van der Waals surface area (Å²) in [6.07, 6.45) is -4.99. The van der Waals surface area contributed by atoms with Crippen molar-refractivity contribution in [3.63, 3.8) is 0 Å². The van der Waals surface area contributed by atoms with E-state index >= 15 is 0 Å². The number of alkyl halides is 3. The SMILES string of the molecule is CC(=O)N[C@@H]1CC[C@@H](C(F)(F)F)N(C(=O)Cc2cccc(F)c2)C1. The minimum Gasteiger partial charge on any atom is -0.352 e. The van der Waals surface area contributed by atoms with Crippen LogP contribution in [0, 0.1) is 5.82 Å². The molecule has 2 atom stereocenters. The third-order valence-electron chi connectivity index (χ3n) is 3.93. The van der Waals surface area contributed by atoms with Crippen LogP contribution < -0.4 is 5.32 Å². The molecule has 24 heavy (non-hydrogen) atoms. The second-order valence-corrected chi connectivity index (χ2v) is 5.89. The van der Waals surface area contributed by atoms with E-state index in [1.54, 1.807) is 0 Å². The van der Waals surface area contributed by atoms with Gasteiger partial charge in [0.15, 0.2) is 0 Å². The summed E-state index contributed by atoms with van der Waals surface area (Å²) < 4.78 is 52.8. The lowest BCUT2D eigenvalue weighted by molar-refractivity contribution is -0.197. The first kappa shape index (κ1) is 18.2. The Morgan fingerprint density at radius 3 is 2.58 bits per heavy atom. The highest BCUT2D eigenvalue weighted by Crippen LogP contribution is 2.32. The number of hydrogen-bond acceptors (Lipinski definition) is 2. The second kappa shape index (κ2) is 7.19. The van der Waals surface area contributed by atoms with Crippen LogP contribution in [0.5, 0.6) is 0 Å². The van der Waals surface area contributed by atoms with E-state index in [1.807, 2.05) is 0 Å². The topological polar surface area (TPSA) is 49.4 Å². The molecule has 0 bridgehead atoms. The summed E-state index contributed by atoms with van der Waals surface area (Å²) in [5.41, 5.74) is 0.308. The van der Waals surface area contributed by atoms with Gasteiger partial charge in [0.25, 0.3) is 0 Å².